The van der Waals surface area contributed by atoms with Crippen LogP contribution in [0, 0.1) is 6.92 Å². The van der Waals surface area contributed by atoms with Gasteiger partial charge in [-0.25, -0.2) is 0 Å². The number of carbonyl (C=O) groups excluding carboxylic acids is 2. The third-order valence-electron chi connectivity index (χ3n) is 3.85. The van der Waals surface area contributed by atoms with Crippen LogP contribution in [0.1, 0.15) is 28.8 Å². The van der Waals surface area contributed by atoms with Crippen molar-refractivity contribution in [2.24, 2.45) is 0 Å². The molecule has 1 aliphatic rings. The summed E-state index contributed by atoms with van der Waals surface area (Å²) in [6.07, 6.45) is 0.785. The number of aryl methyl sites for hydroxylation is 1. The fourth-order valence-corrected chi connectivity index (χ4v) is 2.43. The first kappa shape index (κ1) is 17.6. The number of amides is 2. The lowest BCUT2D eigenvalue weighted by molar-refractivity contribution is -0.122. The van der Waals surface area contributed by atoms with E-state index in [9.17, 15) is 9.59 Å². The van der Waals surface area contributed by atoms with Gasteiger partial charge in [0.1, 0.15) is 5.75 Å². The van der Waals surface area contributed by atoms with Crippen molar-refractivity contribution in [1.29, 1.82) is 0 Å². The van der Waals surface area contributed by atoms with Gasteiger partial charge in [0, 0.05) is 12.0 Å². The van der Waals surface area contributed by atoms with Crippen LogP contribution in [0.4, 0.5) is 0 Å². The molecule has 0 saturated carbocycles. The van der Waals surface area contributed by atoms with E-state index in [0.717, 1.165) is 11.3 Å². The van der Waals surface area contributed by atoms with Crippen molar-refractivity contribution in [2.75, 3.05) is 13.4 Å². The molecular weight excluding hydrogens is 336 g/mol. The Morgan fingerprint density at radius 3 is 2.73 bits per heavy atom. The highest BCUT2D eigenvalue weighted by Crippen LogP contribution is 2.32. The van der Waals surface area contributed by atoms with Crippen molar-refractivity contribution < 1.29 is 23.8 Å². The van der Waals surface area contributed by atoms with Crippen LogP contribution in [0.25, 0.3) is 0 Å². The number of ether oxygens (including phenoxy) is 3. The molecule has 0 fully saturated rings. The first-order chi connectivity index (χ1) is 12.6. The van der Waals surface area contributed by atoms with Crippen LogP contribution in [0.3, 0.4) is 0 Å². The van der Waals surface area contributed by atoms with Crippen LogP contribution in [0.5, 0.6) is 17.2 Å². The molecule has 26 heavy (non-hydrogen) atoms. The Labute approximate surface area is 151 Å². The minimum absolute atomic E-state index is 0.141. The summed E-state index contributed by atoms with van der Waals surface area (Å²) >= 11 is 0. The van der Waals surface area contributed by atoms with E-state index in [-0.39, 0.29) is 19.1 Å². The summed E-state index contributed by atoms with van der Waals surface area (Å²) in [5.41, 5.74) is 6.20. The van der Waals surface area contributed by atoms with E-state index in [0.29, 0.717) is 30.1 Å². The SMILES string of the molecule is Cc1ccccc1OCCCC(=O)NNC(=O)c1ccc2c(c1)OCO2. The molecule has 0 aliphatic carbocycles. The summed E-state index contributed by atoms with van der Waals surface area (Å²) in [6, 6.07) is 12.5. The van der Waals surface area contributed by atoms with Crippen molar-refractivity contribution in [3.63, 3.8) is 0 Å². The first-order valence-corrected chi connectivity index (χ1v) is 8.31. The van der Waals surface area contributed by atoms with Crippen molar-refractivity contribution in [3.05, 3.63) is 53.6 Å². The predicted octanol–water partition coefficient (Wildman–Crippen LogP) is 2.34. The molecule has 0 radical (unpaired) electrons. The van der Waals surface area contributed by atoms with Crippen LogP contribution in [-0.4, -0.2) is 25.2 Å². The highest BCUT2D eigenvalue weighted by Gasteiger charge is 2.16. The Balaban J connectivity index is 1.37. The van der Waals surface area contributed by atoms with Crippen LogP contribution < -0.4 is 25.1 Å². The zero-order valence-electron chi connectivity index (χ0n) is 14.4. The molecule has 0 atom stereocenters. The van der Waals surface area contributed by atoms with Gasteiger partial charge in [0.25, 0.3) is 5.91 Å². The van der Waals surface area contributed by atoms with Gasteiger partial charge in [-0.2, -0.15) is 0 Å². The maximum Gasteiger partial charge on any atom is 0.269 e. The normalized spacial score (nSPS) is 11.7. The highest BCUT2D eigenvalue weighted by atomic mass is 16.7. The number of carbonyl (C=O) groups is 2. The number of hydrogen-bond donors (Lipinski definition) is 2. The van der Waals surface area contributed by atoms with Crippen molar-refractivity contribution in [1.82, 2.24) is 10.9 Å². The quantitative estimate of drug-likeness (QED) is 0.613. The predicted molar refractivity (Wildman–Crippen MR) is 94.1 cm³/mol. The lowest BCUT2D eigenvalue weighted by Crippen LogP contribution is -2.41. The van der Waals surface area contributed by atoms with Gasteiger partial charge >= 0.3 is 0 Å². The first-order valence-electron chi connectivity index (χ1n) is 8.31. The molecule has 1 aliphatic heterocycles. The Hall–Kier alpha value is -3.22. The summed E-state index contributed by atoms with van der Waals surface area (Å²) in [7, 11) is 0. The third-order valence-corrected chi connectivity index (χ3v) is 3.85. The molecule has 2 aromatic rings. The molecule has 0 spiro atoms. The molecule has 0 saturated heterocycles. The maximum absolute atomic E-state index is 12.1. The molecule has 1 heterocycles. The molecule has 7 nitrogen and oxygen atoms in total. The fraction of sp³-hybridized carbons (Fsp3) is 0.263. The molecule has 2 aromatic carbocycles. The number of para-hydroxylation sites is 1. The van der Waals surface area contributed by atoms with E-state index in [4.69, 9.17) is 14.2 Å². The van der Waals surface area contributed by atoms with Crippen LogP contribution in [0.15, 0.2) is 42.5 Å². The second kappa shape index (κ2) is 8.24. The summed E-state index contributed by atoms with van der Waals surface area (Å²) in [4.78, 5) is 23.9. The molecule has 136 valence electrons. The summed E-state index contributed by atoms with van der Waals surface area (Å²) in [5, 5.41) is 0. The van der Waals surface area contributed by atoms with Gasteiger partial charge in [0.15, 0.2) is 11.5 Å². The van der Waals surface area contributed by atoms with Crippen molar-refractivity contribution in [3.8, 4) is 17.2 Å². The molecule has 2 amide bonds. The zero-order chi connectivity index (χ0) is 18.4. The second-order valence-electron chi connectivity index (χ2n) is 5.79. The van der Waals surface area contributed by atoms with Crippen molar-refractivity contribution in [2.45, 2.75) is 19.8 Å². The minimum atomic E-state index is -0.423. The molecule has 2 N–H and O–H groups in total. The molecule has 0 unspecified atom stereocenters. The Kier molecular flexibility index (Phi) is 5.58. The largest absolute Gasteiger partial charge is 0.493 e. The van der Waals surface area contributed by atoms with Gasteiger partial charge in [0.05, 0.1) is 6.61 Å². The second-order valence-corrected chi connectivity index (χ2v) is 5.79. The number of hydrazine groups is 1. The number of rotatable bonds is 6. The third kappa shape index (κ3) is 4.44. The molecule has 0 bridgehead atoms. The zero-order valence-corrected chi connectivity index (χ0v) is 14.4. The van der Waals surface area contributed by atoms with Gasteiger partial charge in [-0.1, -0.05) is 18.2 Å². The smallest absolute Gasteiger partial charge is 0.269 e. The van der Waals surface area contributed by atoms with Gasteiger partial charge in [-0.05, 0) is 43.2 Å². The van der Waals surface area contributed by atoms with E-state index in [1.807, 2.05) is 31.2 Å². The summed E-state index contributed by atoms with van der Waals surface area (Å²) < 4.78 is 16.0. The lowest BCUT2D eigenvalue weighted by atomic mass is 10.2. The fourth-order valence-electron chi connectivity index (χ4n) is 2.43. The molecule has 3 rings (SSSR count). The number of fused-ring (bicyclic) bond motifs is 1. The maximum atomic E-state index is 12.1. The van der Waals surface area contributed by atoms with E-state index in [1.54, 1.807) is 18.2 Å². The Bertz CT molecular complexity index is 806. The van der Waals surface area contributed by atoms with Gasteiger partial charge in [0.2, 0.25) is 12.7 Å². The van der Waals surface area contributed by atoms with E-state index < -0.39 is 5.91 Å². The van der Waals surface area contributed by atoms with Crippen LogP contribution in [-0.2, 0) is 4.79 Å². The van der Waals surface area contributed by atoms with E-state index in [1.165, 1.54) is 0 Å². The van der Waals surface area contributed by atoms with Gasteiger partial charge in [-0.15, -0.1) is 0 Å². The minimum Gasteiger partial charge on any atom is -0.493 e. The Morgan fingerprint density at radius 2 is 1.88 bits per heavy atom. The summed E-state index contributed by atoms with van der Waals surface area (Å²) in [5.74, 6) is 1.21. The topological polar surface area (TPSA) is 85.9 Å². The highest BCUT2D eigenvalue weighted by molar-refractivity contribution is 5.96. The standard InChI is InChI=1S/C19H20N2O5/c1-13-5-2-3-6-15(13)24-10-4-7-18(22)20-21-19(23)14-8-9-16-17(11-14)26-12-25-16/h2-3,5-6,8-9,11H,4,7,10,12H2,1H3,(H,20,22)(H,21,23). The molecule has 7 heteroatoms. The van der Waals surface area contributed by atoms with Crippen LogP contribution in [0.2, 0.25) is 0 Å². The monoisotopic (exact) mass is 356 g/mol. The molecule has 0 aromatic heterocycles. The van der Waals surface area contributed by atoms with Gasteiger partial charge in [-0.3, -0.25) is 20.4 Å². The lowest BCUT2D eigenvalue weighted by Gasteiger charge is -2.10. The van der Waals surface area contributed by atoms with E-state index in [2.05, 4.69) is 10.9 Å². The van der Waals surface area contributed by atoms with E-state index >= 15 is 0 Å². The number of benzene rings is 2. The summed E-state index contributed by atoms with van der Waals surface area (Å²) in [6.45, 7) is 2.53. The Morgan fingerprint density at radius 1 is 1.08 bits per heavy atom. The average Bonchev–Trinajstić information content (AvgIpc) is 3.12. The van der Waals surface area contributed by atoms with Gasteiger partial charge < -0.3 is 14.2 Å². The number of nitrogens with one attached hydrogen (secondary N) is 2. The molecular formula is C19H20N2O5. The van der Waals surface area contributed by atoms with Crippen LogP contribution >= 0.6 is 0 Å². The van der Waals surface area contributed by atoms with Crippen molar-refractivity contribution >= 4 is 11.8 Å². The average molecular weight is 356 g/mol. The number of hydrogen-bond acceptors (Lipinski definition) is 5.